The van der Waals surface area contributed by atoms with Gasteiger partial charge in [0.2, 0.25) is 17.4 Å². The third-order valence-corrected chi connectivity index (χ3v) is 9.31. The van der Waals surface area contributed by atoms with Gasteiger partial charge in [-0.1, -0.05) is 44.7 Å². The molecule has 2 atom stereocenters. The van der Waals surface area contributed by atoms with Crippen LogP contribution in [0.2, 0.25) is 0 Å². The van der Waals surface area contributed by atoms with Crippen LogP contribution in [0.4, 0.5) is 17.6 Å². The summed E-state index contributed by atoms with van der Waals surface area (Å²) >= 11 is 0. The van der Waals surface area contributed by atoms with E-state index in [1.165, 1.54) is 4.68 Å². The van der Waals surface area contributed by atoms with E-state index in [1.54, 1.807) is 6.07 Å². The first-order valence-corrected chi connectivity index (χ1v) is 13.7. The van der Waals surface area contributed by atoms with Crippen LogP contribution in [0, 0.1) is 5.82 Å². The highest BCUT2D eigenvalue weighted by Crippen LogP contribution is 2.55. The lowest BCUT2D eigenvalue weighted by Crippen LogP contribution is -2.51. The van der Waals surface area contributed by atoms with Crippen molar-refractivity contribution < 1.29 is 26.7 Å². The molecule has 0 spiro atoms. The van der Waals surface area contributed by atoms with E-state index >= 15 is 4.39 Å². The summed E-state index contributed by atoms with van der Waals surface area (Å²) in [6, 6.07) is 17.7. The van der Waals surface area contributed by atoms with Gasteiger partial charge in [0.25, 0.3) is 0 Å². The molecule has 2 aromatic carbocycles. The largest absolute Gasteiger partial charge is 0.435 e. The first-order chi connectivity index (χ1) is 19.6. The van der Waals surface area contributed by atoms with Crippen molar-refractivity contribution in [1.29, 1.82) is 0 Å². The molecule has 2 unspecified atom stereocenters. The highest BCUT2D eigenvalue weighted by molar-refractivity contribution is 6.01. The average molecular weight is 555 g/mol. The number of halogens is 4. The van der Waals surface area contributed by atoms with Crippen molar-refractivity contribution in [2.45, 2.75) is 50.4 Å². The van der Waals surface area contributed by atoms with Crippen molar-refractivity contribution in [3.05, 3.63) is 108 Å². The fourth-order valence-electron chi connectivity index (χ4n) is 7.55. The summed E-state index contributed by atoms with van der Waals surface area (Å²) < 4.78 is 63.3. The minimum atomic E-state index is -4.61. The number of hydrogen-bond acceptors (Lipinski definition) is 1. The molecule has 5 heterocycles. The normalized spacial score (nSPS) is 20.0. The Bertz CT molecular complexity index is 1970. The molecule has 1 aliphatic carbocycles. The highest BCUT2D eigenvalue weighted by atomic mass is 19.4. The lowest BCUT2D eigenvalue weighted by molar-refractivity contribution is -0.709. The summed E-state index contributed by atoms with van der Waals surface area (Å²) in [5.41, 5.74) is 4.32. The van der Waals surface area contributed by atoms with Gasteiger partial charge >= 0.3 is 6.18 Å². The molecule has 3 aliphatic rings. The third-order valence-electron chi connectivity index (χ3n) is 9.31. The summed E-state index contributed by atoms with van der Waals surface area (Å²) in [7, 11) is 0. The molecule has 0 radical (unpaired) electrons. The zero-order valence-corrected chi connectivity index (χ0v) is 22.5. The van der Waals surface area contributed by atoms with E-state index in [9.17, 15) is 13.2 Å². The zero-order chi connectivity index (χ0) is 28.4. The van der Waals surface area contributed by atoms with Crippen LogP contribution in [0.1, 0.15) is 54.6 Å². The Hall–Kier alpha value is -4.33. The quantitative estimate of drug-likeness (QED) is 0.150. The lowest BCUT2D eigenvalue weighted by atomic mass is 9.65. The zero-order valence-electron chi connectivity index (χ0n) is 22.5. The number of nitrogens with zero attached hydrogens (tertiary/aromatic N) is 4. The van der Waals surface area contributed by atoms with Crippen LogP contribution in [0.5, 0.6) is 0 Å². The van der Waals surface area contributed by atoms with E-state index in [0.29, 0.717) is 35.6 Å². The van der Waals surface area contributed by atoms with Crippen LogP contribution in [-0.4, -0.2) is 9.78 Å². The topological polar surface area (TPSA) is 25.6 Å². The number of aromatic nitrogens is 4. The number of alkyl halides is 3. The monoisotopic (exact) mass is 554 g/mol. The van der Waals surface area contributed by atoms with E-state index in [2.05, 4.69) is 42.2 Å². The molecule has 5 aromatic rings. The van der Waals surface area contributed by atoms with Gasteiger partial charge in [-0.2, -0.15) is 27.4 Å². The molecule has 0 saturated carbocycles. The molecule has 3 aromatic heterocycles. The van der Waals surface area contributed by atoms with Crippen LogP contribution in [0.15, 0.2) is 79.6 Å². The number of aryl methyl sites for hydroxylation is 1. The molecule has 8 rings (SSSR count). The van der Waals surface area contributed by atoms with Gasteiger partial charge in [0.15, 0.2) is 18.1 Å². The van der Waals surface area contributed by atoms with Gasteiger partial charge in [-0.25, -0.2) is 9.07 Å². The molecule has 0 fully saturated rings. The molecular formula is C33H26F4N4+2. The summed E-state index contributed by atoms with van der Waals surface area (Å²) in [6.45, 7) is 9.10. The second-order valence-electron chi connectivity index (χ2n) is 11.8. The van der Waals surface area contributed by atoms with Crippen molar-refractivity contribution in [2.75, 3.05) is 0 Å². The number of benzene rings is 2. The second kappa shape index (κ2) is 7.90. The maximum atomic E-state index is 15.8. The predicted molar refractivity (Wildman–Crippen MR) is 146 cm³/mol. The minimum Gasteiger partial charge on any atom is -0.224 e. The smallest absolute Gasteiger partial charge is 0.224 e. The summed E-state index contributed by atoms with van der Waals surface area (Å²) in [5.74, 6) is -0.436. The lowest BCUT2D eigenvalue weighted by Gasteiger charge is -2.39. The number of fused-ring (bicyclic) bond motifs is 6. The van der Waals surface area contributed by atoms with Gasteiger partial charge in [-0.15, -0.1) is 0 Å². The predicted octanol–water partition coefficient (Wildman–Crippen LogP) is 6.96. The molecule has 41 heavy (non-hydrogen) atoms. The maximum Gasteiger partial charge on any atom is 0.435 e. The molecule has 0 N–H and O–H groups in total. The van der Waals surface area contributed by atoms with Gasteiger partial charge in [-0.3, -0.25) is 0 Å². The van der Waals surface area contributed by atoms with Gasteiger partial charge in [0.05, 0.1) is 16.9 Å². The van der Waals surface area contributed by atoms with Gasteiger partial charge in [0, 0.05) is 41.7 Å². The van der Waals surface area contributed by atoms with Crippen LogP contribution in [0.3, 0.4) is 0 Å². The maximum absolute atomic E-state index is 15.8. The minimum absolute atomic E-state index is 0.182. The molecular weight excluding hydrogens is 528 g/mol. The molecule has 204 valence electrons. The third kappa shape index (κ3) is 3.13. The van der Waals surface area contributed by atoms with E-state index in [0.717, 1.165) is 39.2 Å². The van der Waals surface area contributed by atoms with Crippen LogP contribution in [-0.2, 0) is 18.1 Å². The van der Waals surface area contributed by atoms with Crippen molar-refractivity contribution in [3.63, 3.8) is 0 Å². The summed E-state index contributed by atoms with van der Waals surface area (Å²) in [5, 5.41) is 6.18. The van der Waals surface area contributed by atoms with Crippen LogP contribution in [0.25, 0.3) is 39.1 Å². The molecule has 4 nitrogen and oxygen atoms in total. The van der Waals surface area contributed by atoms with Crippen molar-refractivity contribution in [1.82, 2.24) is 9.78 Å². The van der Waals surface area contributed by atoms with E-state index in [1.807, 2.05) is 53.4 Å². The molecule has 0 bridgehead atoms. The molecule has 0 amide bonds. The highest BCUT2D eigenvalue weighted by Gasteiger charge is 2.51. The van der Waals surface area contributed by atoms with E-state index < -0.39 is 23.3 Å². The summed E-state index contributed by atoms with van der Waals surface area (Å²) in [4.78, 5) is 0. The number of hydrogen-bond donors (Lipinski definition) is 0. The molecule has 2 aliphatic heterocycles. The van der Waals surface area contributed by atoms with E-state index in [-0.39, 0.29) is 11.7 Å². The SMILES string of the molecule is C=C1C2C(CC[n+]3ccccc3-c3cc(C(F)(F)F)nn31)c1ccc(F)c3c1-c1c4c(cccc4cc[n+]12)C3(C)C. The van der Waals surface area contributed by atoms with Crippen LogP contribution >= 0.6 is 0 Å². The van der Waals surface area contributed by atoms with Crippen LogP contribution < -0.4 is 9.13 Å². The number of rotatable bonds is 0. The fraction of sp³-hybridized carbons (Fsp3) is 0.242. The van der Waals surface area contributed by atoms with Crippen molar-refractivity contribution in [2.24, 2.45) is 0 Å². The Labute approximate surface area is 233 Å². The Morgan fingerprint density at radius 1 is 1.02 bits per heavy atom. The standard InChI is InChI=1S/C33H26F4N4/c1-18-30-21(13-15-39-14-5-4-9-24(39)25-17-26(33(35,36)37)38-41(18)25)20-10-11-23(34)29-28(20)31-27-19(12-16-40(30)31)7-6-8-22(27)32(29,2)3/h4-12,14,16-17,21,30H,1,13,15H2,2-3H3/q+2. The van der Waals surface area contributed by atoms with Crippen molar-refractivity contribution in [3.8, 4) is 22.6 Å². The Morgan fingerprint density at radius 3 is 2.66 bits per heavy atom. The first-order valence-electron chi connectivity index (χ1n) is 13.7. The van der Waals surface area contributed by atoms with Gasteiger partial charge in [-0.05, 0) is 28.6 Å². The Kier molecular flexibility index (Phi) is 4.71. The van der Waals surface area contributed by atoms with E-state index in [4.69, 9.17) is 0 Å². The fourth-order valence-corrected chi connectivity index (χ4v) is 7.55. The molecule has 0 saturated heterocycles. The average Bonchev–Trinajstić information content (AvgIpc) is 3.41. The summed E-state index contributed by atoms with van der Waals surface area (Å²) in [6.07, 6.45) is -0.0766. The molecule has 8 heteroatoms. The number of allylic oxidation sites excluding steroid dienone is 1. The van der Waals surface area contributed by atoms with Crippen molar-refractivity contribution >= 4 is 16.5 Å². The Balaban J connectivity index is 1.48. The second-order valence-corrected chi connectivity index (χ2v) is 11.8. The number of pyridine rings is 2. The first kappa shape index (κ1) is 24.5. The van der Waals surface area contributed by atoms with Gasteiger partial charge < -0.3 is 0 Å². The van der Waals surface area contributed by atoms with Gasteiger partial charge in [0.1, 0.15) is 23.8 Å². The Morgan fingerprint density at radius 2 is 1.85 bits per heavy atom.